The predicted molar refractivity (Wildman–Crippen MR) is 68.9 cm³/mol. The van der Waals surface area contributed by atoms with Gasteiger partial charge in [0, 0.05) is 18.7 Å². The highest BCUT2D eigenvalue weighted by Crippen LogP contribution is 2.28. The minimum absolute atomic E-state index is 0.0954. The van der Waals surface area contributed by atoms with Crippen molar-refractivity contribution in [2.24, 2.45) is 5.92 Å². The van der Waals surface area contributed by atoms with Crippen LogP contribution in [0.4, 0.5) is 0 Å². The van der Waals surface area contributed by atoms with E-state index < -0.39 is 0 Å². The monoisotopic (exact) mass is 248 g/mol. The molecule has 18 heavy (non-hydrogen) atoms. The average Bonchev–Trinajstić information content (AvgIpc) is 2.88. The molecule has 1 amide bonds. The molecule has 1 aromatic heterocycles. The minimum Gasteiger partial charge on any atom is -0.619 e. The van der Waals surface area contributed by atoms with Crippen molar-refractivity contribution in [3.8, 4) is 0 Å². The predicted octanol–water partition coefficient (Wildman–Crippen LogP) is 2.02. The van der Waals surface area contributed by atoms with Gasteiger partial charge in [0.1, 0.15) is 0 Å². The second-order valence-corrected chi connectivity index (χ2v) is 5.00. The van der Waals surface area contributed by atoms with E-state index in [9.17, 15) is 10.0 Å². The van der Waals surface area contributed by atoms with Crippen molar-refractivity contribution in [3.05, 3.63) is 35.3 Å². The highest BCUT2D eigenvalue weighted by Gasteiger charge is 2.14. The van der Waals surface area contributed by atoms with E-state index in [0.717, 1.165) is 18.9 Å². The van der Waals surface area contributed by atoms with Crippen LogP contribution in [0.25, 0.3) is 0 Å². The summed E-state index contributed by atoms with van der Waals surface area (Å²) in [6, 6.07) is 3.08. The van der Waals surface area contributed by atoms with Crippen LogP contribution in [-0.2, 0) is 0 Å². The molecule has 4 heteroatoms. The molecular weight excluding hydrogens is 228 g/mol. The van der Waals surface area contributed by atoms with Gasteiger partial charge in [-0.3, -0.25) is 4.79 Å². The number of carbonyl (C=O) groups excluding carboxylic acids is 1. The number of nitrogens with one attached hydrogen (secondary N) is 1. The number of aromatic nitrogens is 1. The summed E-state index contributed by atoms with van der Waals surface area (Å²) >= 11 is 0. The molecule has 0 unspecified atom stereocenters. The average molecular weight is 248 g/mol. The van der Waals surface area contributed by atoms with E-state index in [2.05, 4.69) is 5.32 Å². The first kappa shape index (κ1) is 12.9. The Kier molecular flexibility index (Phi) is 4.56. The van der Waals surface area contributed by atoms with E-state index in [1.54, 1.807) is 12.1 Å². The van der Waals surface area contributed by atoms with Crippen LogP contribution in [0.5, 0.6) is 0 Å². The van der Waals surface area contributed by atoms with Crippen LogP contribution in [0.15, 0.2) is 24.5 Å². The van der Waals surface area contributed by atoms with E-state index >= 15 is 0 Å². The summed E-state index contributed by atoms with van der Waals surface area (Å²) in [6.07, 6.45) is 10.4. The van der Waals surface area contributed by atoms with Gasteiger partial charge in [-0.1, -0.05) is 25.7 Å². The second-order valence-electron chi connectivity index (χ2n) is 5.00. The molecule has 0 aliphatic heterocycles. The lowest BCUT2D eigenvalue weighted by Crippen LogP contribution is -2.28. The van der Waals surface area contributed by atoms with Gasteiger partial charge in [-0.15, -0.1) is 0 Å². The fraction of sp³-hybridized carbons (Fsp3) is 0.571. The molecule has 1 N–H and O–H groups in total. The molecule has 1 aromatic rings. The normalized spacial score (nSPS) is 15.8. The zero-order valence-electron chi connectivity index (χ0n) is 10.6. The summed E-state index contributed by atoms with van der Waals surface area (Å²) < 4.78 is 0.677. The van der Waals surface area contributed by atoms with Crippen LogP contribution in [-0.4, -0.2) is 12.5 Å². The van der Waals surface area contributed by atoms with Crippen molar-refractivity contribution in [3.63, 3.8) is 0 Å². The molecule has 0 spiro atoms. The lowest BCUT2D eigenvalue weighted by atomic mass is 10.0. The van der Waals surface area contributed by atoms with Crippen molar-refractivity contribution in [1.82, 2.24) is 5.32 Å². The molecule has 98 valence electrons. The molecule has 1 heterocycles. The van der Waals surface area contributed by atoms with Crippen molar-refractivity contribution < 1.29 is 9.52 Å². The topological polar surface area (TPSA) is 56.0 Å². The Morgan fingerprint density at radius 1 is 1.33 bits per heavy atom. The molecule has 0 radical (unpaired) electrons. The fourth-order valence-corrected chi connectivity index (χ4v) is 2.56. The number of hydrogen-bond donors (Lipinski definition) is 1. The molecule has 2 rings (SSSR count). The maximum Gasteiger partial charge on any atom is 0.251 e. The molecule has 1 aliphatic rings. The van der Waals surface area contributed by atoms with Gasteiger partial charge in [0.25, 0.3) is 5.91 Å². The SMILES string of the molecule is O=C(NCCCC1CCCC1)c1cc[n+]([O-])cc1. The van der Waals surface area contributed by atoms with E-state index in [0.29, 0.717) is 10.3 Å². The molecule has 0 atom stereocenters. The first-order chi connectivity index (χ1) is 8.75. The first-order valence-corrected chi connectivity index (χ1v) is 6.73. The van der Waals surface area contributed by atoms with Crippen LogP contribution in [0.3, 0.4) is 0 Å². The van der Waals surface area contributed by atoms with Crippen LogP contribution in [0.1, 0.15) is 48.9 Å². The van der Waals surface area contributed by atoms with Crippen molar-refractivity contribution in [2.45, 2.75) is 38.5 Å². The van der Waals surface area contributed by atoms with Crippen molar-refractivity contribution in [1.29, 1.82) is 0 Å². The van der Waals surface area contributed by atoms with Gasteiger partial charge in [0.2, 0.25) is 0 Å². The van der Waals surface area contributed by atoms with Crippen LogP contribution >= 0.6 is 0 Å². The van der Waals surface area contributed by atoms with Crippen LogP contribution in [0, 0.1) is 11.1 Å². The zero-order valence-corrected chi connectivity index (χ0v) is 10.6. The van der Waals surface area contributed by atoms with E-state index in [1.165, 1.54) is 44.5 Å². The summed E-state index contributed by atoms with van der Waals surface area (Å²) in [5, 5.41) is 13.7. The van der Waals surface area contributed by atoms with E-state index in [1.807, 2.05) is 0 Å². The third kappa shape index (κ3) is 3.72. The van der Waals surface area contributed by atoms with Gasteiger partial charge in [0.15, 0.2) is 12.4 Å². The van der Waals surface area contributed by atoms with Crippen LogP contribution < -0.4 is 10.0 Å². The van der Waals surface area contributed by atoms with Gasteiger partial charge in [-0.2, -0.15) is 4.73 Å². The Bertz CT molecular complexity index is 383. The highest BCUT2D eigenvalue weighted by atomic mass is 16.5. The lowest BCUT2D eigenvalue weighted by molar-refractivity contribution is -0.605. The molecule has 0 saturated heterocycles. The molecule has 0 bridgehead atoms. The number of amides is 1. The Labute approximate surface area is 108 Å². The standard InChI is InChI=1S/C14H20N2O2/c17-14(13-7-10-16(18)11-8-13)15-9-3-6-12-4-1-2-5-12/h7-8,10-12H,1-6,9H2,(H,15,17). The zero-order chi connectivity index (χ0) is 12.8. The maximum absolute atomic E-state index is 11.7. The summed E-state index contributed by atoms with van der Waals surface area (Å²) in [4.78, 5) is 11.7. The number of pyridine rings is 1. The Hall–Kier alpha value is -1.58. The molecule has 4 nitrogen and oxygen atoms in total. The smallest absolute Gasteiger partial charge is 0.251 e. The number of hydrogen-bond acceptors (Lipinski definition) is 2. The van der Waals surface area contributed by atoms with Gasteiger partial charge < -0.3 is 10.5 Å². The van der Waals surface area contributed by atoms with Gasteiger partial charge in [-0.05, 0) is 18.8 Å². The van der Waals surface area contributed by atoms with E-state index in [-0.39, 0.29) is 5.91 Å². The number of carbonyl (C=O) groups is 1. The van der Waals surface area contributed by atoms with Gasteiger partial charge >= 0.3 is 0 Å². The number of nitrogens with zero attached hydrogens (tertiary/aromatic N) is 1. The molecule has 1 fully saturated rings. The minimum atomic E-state index is -0.0954. The highest BCUT2D eigenvalue weighted by molar-refractivity contribution is 5.93. The van der Waals surface area contributed by atoms with Crippen molar-refractivity contribution >= 4 is 5.91 Å². The Morgan fingerprint density at radius 2 is 2.00 bits per heavy atom. The summed E-state index contributed by atoms with van der Waals surface area (Å²) in [5.74, 6) is 0.778. The molecule has 0 aromatic carbocycles. The number of rotatable bonds is 5. The fourth-order valence-electron chi connectivity index (χ4n) is 2.56. The third-order valence-electron chi connectivity index (χ3n) is 3.61. The largest absolute Gasteiger partial charge is 0.619 e. The van der Waals surface area contributed by atoms with Gasteiger partial charge in [0.05, 0.1) is 5.56 Å². The van der Waals surface area contributed by atoms with Gasteiger partial charge in [-0.25, -0.2) is 0 Å². The Balaban J connectivity index is 1.66. The molecular formula is C14H20N2O2. The quantitative estimate of drug-likeness (QED) is 0.492. The van der Waals surface area contributed by atoms with Crippen molar-refractivity contribution in [2.75, 3.05) is 6.54 Å². The lowest BCUT2D eigenvalue weighted by Gasteiger charge is -2.09. The Morgan fingerprint density at radius 3 is 2.67 bits per heavy atom. The summed E-state index contributed by atoms with van der Waals surface area (Å²) in [6.45, 7) is 0.724. The van der Waals surface area contributed by atoms with Crippen LogP contribution in [0.2, 0.25) is 0 Å². The third-order valence-corrected chi connectivity index (χ3v) is 3.61. The summed E-state index contributed by atoms with van der Waals surface area (Å²) in [5.41, 5.74) is 0.544. The summed E-state index contributed by atoms with van der Waals surface area (Å²) in [7, 11) is 0. The second kappa shape index (κ2) is 6.38. The molecule has 1 saturated carbocycles. The maximum atomic E-state index is 11.7. The first-order valence-electron chi connectivity index (χ1n) is 6.73. The van der Waals surface area contributed by atoms with E-state index in [4.69, 9.17) is 0 Å². The molecule has 1 aliphatic carbocycles.